The van der Waals surface area contributed by atoms with Gasteiger partial charge in [0.15, 0.2) is 6.61 Å². The van der Waals surface area contributed by atoms with Gasteiger partial charge >= 0.3 is 6.18 Å². The quantitative estimate of drug-likeness (QED) is 0.701. The maximum Gasteiger partial charge on any atom is 0.422 e. The van der Waals surface area contributed by atoms with Crippen LogP contribution in [-0.4, -0.2) is 30.3 Å². The molecule has 30 heavy (non-hydrogen) atoms. The monoisotopic (exact) mass is 419 g/mol. The number of rotatable bonds is 8. The molecule has 158 valence electrons. The summed E-state index contributed by atoms with van der Waals surface area (Å²) in [5, 5.41) is 12.0. The Hall–Kier alpha value is -3.28. The van der Waals surface area contributed by atoms with E-state index in [0.29, 0.717) is 29.8 Å². The van der Waals surface area contributed by atoms with Crippen LogP contribution >= 0.6 is 0 Å². The van der Waals surface area contributed by atoms with Crippen LogP contribution in [-0.2, 0) is 4.79 Å². The molecule has 1 aromatic heterocycles. The molecule has 3 rings (SSSR count). The highest BCUT2D eigenvalue weighted by Gasteiger charge is 2.51. The topological polar surface area (TPSA) is 84.2 Å². The molecule has 1 aromatic carbocycles. The summed E-state index contributed by atoms with van der Waals surface area (Å²) in [4.78, 5) is 16.8. The minimum Gasteiger partial charge on any atom is -0.491 e. The van der Waals surface area contributed by atoms with Gasteiger partial charge in [-0.05, 0) is 44.0 Å². The summed E-state index contributed by atoms with van der Waals surface area (Å²) in [7, 11) is 0. The Morgan fingerprint density at radius 3 is 2.60 bits per heavy atom. The molecule has 1 amide bonds. The first-order valence-corrected chi connectivity index (χ1v) is 9.31. The van der Waals surface area contributed by atoms with Crippen molar-refractivity contribution >= 4 is 5.91 Å². The maximum atomic E-state index is 12.7. The molecule has 1 fully saturated rings. The fourth-order valence-electron chi connectivity index (χ4n) is 2.81. The van der Waals surface area contributed by atoms with Crippen LogP contribution in [0.25, 0.3) is 0 Å². The average Bonchev–Trinajstić information content (AvgIpc) is 3.52. The number of nitriles is 1. The standard InChI is InChI=1S/C21H20F3N3O3/c1-14(17-7-6-16(11-26-17)29-13-21(22,23)24)27-19(28)20(8-9-20)12-30-18-5-3-2-4-15(18)10-25/h2-7,11,14H,8-9,12-13H2,1H3,(H,27,28)/t14-/m1/s1. The first-order chi connectivity index (χ1) is 14.2. The van der Waals surface area contributed by atoms with E-state index in [1.54, 1.807) is 31.2 Å². The van der Waals surface area contributed by atoms with Gasteiger partial charge in [-0.3, -0.25) is 9.78 Å². The molecule has 1 N–H and O–H groups in total. The molecule has 1 aliphatic rings. The summed E-state index contributed by atoms with van der Waals surface area (Å²) < 4.78 is 47.0. The fraction of sp³-hybridized carbons (Fsp3) is 0.381. The zero-order valence-electron chi connectivity index (χ0n) is 16.2. The van der Waals surface area contributed by atoms with Gasteiger partial charge in [0.25, 0.3) is 0 Å². The van der Waals surface area contributed by atoms with Crippen molar-refractivity contribution in [2.24, 2.45) is 5.41 Å². The number of hydrogen-bond donors (Lipinski definition) is 1. The number of nitrogens with zero attached hydrogens (tertiary/aromatic N) is 2. The Bertz CT molecular complexity index is 935. The van der Waals surface area contributed by atoms with Crippen molar-refractivity contribution in [3.8, 4) is 17.6 Å². The number of pyridine rings is 1. The van der Waals surface area contributed by atoms with Crippen molar-refractivity contribution in [3.05, 3.63) is 53.9 Å². The number of nitrogens with one attached hydrogen (secondary N) is 1. The van der Waals surface area contributed by atoms with Gasteiger partial charge in [0.2, 0.25) is 5.91 Å². The molecule has 0 unspecified atom stereocenters. The lowest BCUT2D eigenvalue weighted by Gasteiger charge is -2.20. The molecule has 2 aromatic rings. The fourth-order valence-corrected chi connectivity index (χ4v) is 2.81. The number of ether oxygens (including phenoxy) is 2. The van der Waals surface area contributed by atoms with Gasteiger partial charge in [-0.15, -0.1) is 0 Å². The van der Waals surface area contributed by atoms with Gasteiger partial charge in [-0.2, -0.15) is 18.4 Å². The first-order valence-electron chi connectivity index (χ1n) is 9.31. The van der Waals surface area contributed by atoms with E-state index in [1.165, 1.54) is 18.3 Å². The van der Waals surface area contributed by atoms with Crippen LogP contribution in [0.1, 0.15) is 37.1 Å². The molecule has 1 aliphatic carbocycles. The van der Waals surface area contributed by atoms with Crippen LogP contribution in [0.5, 0.6) is 11.5 Å². The van der Waals surface area contributed by atoms with E-state index in [9.17, 15) is 18.0 Å². The number of aromatic nitrogens is 1. The van der Waals surface area contributed by atoms with Gasteiger partial charge in [0.1, 0.15) is 24.2 Å². The van der Waals surface area contributed by atoms with Crippen LogP contribution < -0.4 is 14.8 Å². The maximum absolute atomic E-state index is 12.7. The normalized spacial score (nSPS) is 15.6. The highest BCUT2D eigenvalue weighted by atomic mass is 19.4. The summed E-state index contributed by atoms with van der Waals surface area (Å²) in [6.07, 6.45) is -1.90. The highest BCUT2D eigenvalue weighted by molar-refractivity contribution is 5.85. The number of halogens is 3. The van der Waals surface area contributed by atoms with E-state index < -0.39 is 24.2 Å². The second-order valence-electron chi connectivity index (χ2n) is 7.19. The number of para-hydroxylation sites is 1. The summed E-state index contributed by atoms with van der Waals surface area (Å²) in [6.45, 7) is 0.498. The van der Waals surface area contributed by atoms with Crippen LogP contribution in [0.15, 0.2) is 42.6 Å². The van der Waals surface area contributed by atoms with Crippen LogP contribution in [0.3, 0.4) is 0 Å². The number of alkyl halides is 3. The lowest BCUT2D eigenvalue weighted by atomic mass is 10.1. The Morgan fingerprint density at radius 1 is 1.27 bits per heavy atom. The second-order valence-corrected chi connectivity index (χ2v) is 7.19. The summed E-state index contributed by atoms with van der Waals surface area (Å²) in [5.74, 6) is 0.240. The van der Waals surface area contributed by atoms with Crippen LogP contribution in [0.2, 0.25) is 0 Å². The summed E-state index contributed by atoms with van der Waals surface area (Å²) in [6, 6.07) is 11.3. The van der Waals surface area contributed by atoms with E-state index in [4.69, 9.17) is 10.00 Å². The number of amides is 1. The first kappa shape index (κ1) is 21.4. The van der Waals surface area contributed by atoms with Crippen molar-refractivity contribution in [2.45, 2.75) is 32.0 Å². The van der Waals surface area contributed by atoms with Gasteiger partial charge in [-0.25, -0.2) is 0 Å². The number of carbonyl (C=O) groups excluding carboxylic acids is 1. The second kappa shape index (κ2) is 8.61. The van der Waals surface area contributed by atoms with Crippen LogP contribution in [0.4, 0.5) is 13.2 Å². The molecule has 0 saturated heterocycles. The van der Waals surface area contributed by atoms with Crippen molar-refractivity contribution in [1.82, 2.24) is 10.3 Å². The van der Waals surface area contributed by atoms with E-state index in [0.717, 1.165) is 0 Å². The molecule has 1 saturated carbocycles. The zero-order chi connectivity index (χ0) is 21.8. The molecule has 6 nitrogen and oxygen atoms in total. The van der Waals surface area contributed by atoms with E-state index >= 15 is 0 Å². The van der Waals surface area contributed by atoms with Crippen molar-refractivity contribution < 1.29 is 27.4 Å². The molecule has 0 bridgehead atoms. The smallest absolute Gasteiger partial charge is 0.422 e. The Kier molecular flexibility index (Phi) is 6.15. The number of carbonyl (C=O) groups is 1. The molecular formula is C21H20F3N3O3. The van der Waals surface area contributed by atoms with E-state index in [1.807, 2.05) is 0 Å². The van der Waals surface area contributed by atoms with Gasteiger partial charge in [-0.1, -0.05) is 12.1 Å². The molecule has 0 aliphatic heterocycles. The molecular weight excluding hydrogens is 399 g/mol. The van der Waals surface area contributed by atoms with Gasteiger partial charge in [0.05, 0.1) is 28.9 Å². The zero-order valence-corrected chi connectivity index (χ0v) is 16.2. The Balaban J connectivity index is 1.55. The largest absolute Gasteiger partial charge is 0.491 e. The third-order valence-corrected chi connectivity index (χ3v) is 4.80. The van der Waals surface area contributed by atoms with Crippen molar-refractivity contribution in [3.63, 3.8) is 0 Å². The van der Waals surface area contributed by atoms with Crippen LogP contribution in [0, 0.1) is 16.7 Å². The minimum atomic E-state index is -4.42. The Labute approximate surface area is 171 Å². The molecule has 1 atom stereocenters. The van der Waals surface area contributed by atoms with Crippen molar-refractivity contribution in [1.29, 1.82) is 5.26 Å². The lowest BCUT2D eigenvalue weighted by Crippen LogP contribution is -2.37. The summed E-state index contributed by atoms with van der Waals surface area (Å²) >= 11 is 0. The molecule has 0 radical (unpaired) electrons. The van der Waals surface area contributed by atoms with Gasteiger partial charge < -0.3 is 14.8 Å². The third-order valence-electron chi connectivity index (χ3n) is 4.80. The predicted octanol–water partition coefficient (Wildman–Crippen LogP) is 3.93. The molecule has 1 heterocycles. The summed E-state index contributed by atoms with van der Waals surface area (Å²) in [5.41, 5.74) is 0.236. The van der Waals surface area contributed by atoms with E-state index in [2.05, 4.69) is 21.1 Å². The predicted molar refractivity (Wildman–Crippen MR) is 101 cm³/mol. The Morgan fingerprint density at radius 2 is 2.00 bits per heavy atom. The number of hydrogen-bond acceptors (Lipinski definition) is 5. The van der Waals surface area contributed by atoms with Crippen molar-refractivity contribution in [2.75, 3.05) is 13.2 Å². The highest BCUT2D eigenvalue weighted by Crippen LogP contribution is 2.46. The third kappa shape index (κ3) is 5.41. The average molecular weight is 419 g/mol. The minimum absolute atomic E-state index is 0.00202. The molecule has 9 heteroatoms. The lowest BCUT2D eigenvalue weighted by molar-refractivity contribution is -0.153. The number of benzene rings is 1. The molecule has 0 spiro atoms. The van der Waals surface area contributed by atoms with Gasteiger partial charge in [0, 0.05) is 0 Å². The van der Waals surface area contributed by atoms with E-state index in [-0.39, 0.29) is 18.3 Å². The SMILES string of the molecule is C[C@@H](NC(=O)C1(COc2ccccc2C#N)CC1)c1ccc(OCC(F)(F)F)cn1.